The summed E-state index contributed by atoms with van der Waals surface area (Å²) in [6.07, 6.45) is 1.95. The summed E-state index contributed by atoms with van der Waals surface area (Å²) in [4.78, 5) is 35.0. The molecule has 1 aliphatic heterocycles. The maximum absolute atomic E-state index is 14.4. The van der Waals surface area contributed by atoms with Crippen LogP contribution in [0.4, 0.5) is 11.4 Å². The number of amides is 2. The van der Waals surface area contributed by atoms with E-state index < -0.39 is 17.3 Å². The second-order valence-electron chi connectivity index (χ2n) is 10.3. The zero-order chi connectivity index (χ0) is 26.0. The molecule has 4 aliphatic rings. The molecule has 0 unspecified atom stereocenters. The Morgan fingerprint density at radius 3 is 2.03 bits per heavy atom. The van der Waals surface area contributed by atoms with Crippen molar-refractivity contribution in [1.29, 1.82) is 0 Å². The molecule has 8 rings (SSSR count). The summed E-state index contributed by atoms with van der Waals surface area (Å²) < 4.78 is 5.30. The van der Waals surface area contributed by atoms with Crippen LogP contribution in [0.1, 0.15) is 33.7 Å². The van der Waals surface area contributed by atoms with E-state index in [2.05, 4.69) is 24.3 Å². The van der Waals surface area contributed by atoms with Gasteiger partial charge in [-0.1, -0.05) is 66.7 Å². The van der Waals surface area contributed by atoms with Gasteiger partial charge in [-0.2, -0.15) is 0 Å². The molecule has 3 aliphatic carbocycles. The van der Waals surface area contributed by atoms with Crippen LogP contribution in [0.2, 0.25) is 0 Å². The van der Waals surface area contributed by atoms with Crippen molar-refractivity contribution < 1.29 is 14.3 Å². The highest BCUT2D eigenvalue weighted by Crippen LogP contribution is 2.63. The second-order valence-corrected chi connectivity index (χ2v) is 10.3. The first kappa shape index (κ1) is 22.7. The number of para-hydroxylation sites is 1. The summed E-state index contributed by atoms with van der Waals surface area (Å²) in [5, 5.41) is 0. The Balaban J connectivity index is 1.49. The van der Waals surface area contributed by atoms with E-state index in [1.165, 1.54) is 4.90 Å². The van der Waals surface area contributed by atoms with Crippen LogP contribution in [0.5, 0.6) is 5.75 Å². The fourth-order valence-electron chi connectivity index (χ4n) is 6.92. The molecule has 0 saturated carbocycles. The van der Waals surface area contributed by atoms with Gasteiger partial charge >= 0.3 is 0 Å². The van der Waals surface area contributed by atoms with Gasteiger partial charge < -0.3 is 4.74 Å². The van der Waals surface area contributed by atoms with E-state index in [1.54, 1.807) is 31.4 Å². The van der Waals surface area contributed by atoms with E-state index in [1.807, 2.05) is 61.7 Å². The maximum Gasteiger partial charge on any atom is 0.239 e. The highest BCUT2D eigenvalue weighted by atomic mass is 16.5. The molecule has 2 amide bonds. The Bertz CT molecular complexity index is 1590. The summed E-state index contributed by atoms with van der Waals surface area (Å²) in [5.41, 5.74) is 5.90. The number of benzene rings is 4. The van der Waals surface area contributed by atoms with Gasteiger partial charge in [0.25, 0.3) is 0 Å². The van der Waals surface area contributed by atoms with Crippen LogP contribution >= 0.6 is 0 Å². The Morgan fingerprint density at radius 1 is 0.789 bits per heavy atom. The van der Waals surface area contributed by atoms with Crippen molar-refractivity contribution in [3.63, 3.8) is 0 Å². The first-order chi connectivity index (χ1) is 18.6. The molecule has 1 heterocycles. The standard InChI is InChI=1S/C33H26N2O3/c1-20-9-3-8-14-27(20)34-19-33-25-12-6-4-10-23(25)28(24-11-5-7-13-26(24)33)29-30(33)32(37)35(31(29)36)21-15-17-22(38-2)18-16-21/h3-19,28-30H,1-2H3/t28?,29-,30+,33?/m0/s1. The van der Waals surface area contributed by atoms with Gasteiger partial charge in [0.05, 0.1) is 35.7 Å². The fourth-order valence-corrected chi connectivity index (χ4v) is 6.92. The number of rotatable bonds is 4. The van der Waals surface area contributed by atoms with E-state index >= 15 is 0 Å². The molecular formula is C33H26N2O3. The zero-order valence-corrected chi connectivity index (χ0v) is 21.2. The lowest BCUT2D eigenvalue weighted by atomic mass is 9.47. The number of carbonyl (C=O) groups excluding carboxylic acids is 2. The zero-order valence-electron chi connectivity index (χ0n) is 21.2. The lowest BCUT2D eigenvalue weighted by Gasteiger charge is -2.52. The molecule has 38 heavy (non-hydrogen) atoms. The molecule has 4 aromatic rings. The average Bonchev–Trinajstić information content (AvgIpc) is 3.23. The van der Waals surface area contributed by atoms with Gasteiger partial charge in [-0.25, -0.2) is 4.90 Å². The van der Waals surface area contributed by atoms with Crippen LogP contribution in [0.15, 0.2) is 102 Å². The molecule has 1 saturated heterocycles. The Hall–Kier alpha value is -4.51. The van der Waals surface area contributed by atoms with Crippen molar-refractivity contribution in [2.24, 2.45) is 16.8 Å². The van der Waals surface area contributed by atoms with E-state index in [4.69, 9.17) is 9.73 Å². The number of aliphatic imine (C=N–C) groups is 1. The fraction of sp³-hybridized carbons (Fsp3) is 0.182. The van der Waals surface area contributed by atoms with Crippen LogP contribution < -0.4 is 9.64 Å². The highest BCUT2D eigenvalue weighted by Gasteiger charge is 2.67. The smallest absolute Gasteiger partial charge is 0.239 e. The summed E-state index contributed by atoms with van der Waals surface area (Å²) in [5.74, 6) is -0.978. The van der Waals surface area contributed by atoms with Crippen molar-refractivity contribution in [2.45, 2.75) is 18.3 Å². The molecule has 4 aromatic carbocycles. The average molecular weight is 499 g/mol. The molecule has 1 fully saturated rings. The molecule has 2 atom stereocenters. The van der Waals surface area contributed by atoms with Gasteiger partial charge in [0.15, 0.2) is 0 Å². The number of hydrogen-bond donors (Lipinski definition) is 0. The van der Waals surface area contributed by atoms with E-state index in [-0.39, 0.29) is 17.7 Å². The predicted octanol–water partition coefficient (Wildman–Crippen LogP) is 5.96. The van der Waals surface area contributed by atoms with E-state index in [9.17, 15) is 9.59 Å². The Morgan fingerprint density at radius 2 is 1.39 bits per heavy atom. The van der Waals surface area contributed by atoms with Gasteiger partial charge in [0.1, 0.15) is 5.75 Å². The third kappa shape index (κ3) is 2.90. The summed E-state index contributed by atoms with van der Waals surface area (Å²) in [6.45, 7) is 2.03. The Kier molecular flexibility index (Phi) is 4.92. The molecule has 0 radical (unpaired) electrons. The summed E-state index contributed by atoms with van der Waals surface area (Å²) in [7, 11) is 1.60. The number of anilines is 1. The molecule has 5 nitrogen and oxygen atoms in total. The minimum Gasteiger partial charge on any atom is -0.497 e. The molecule has 0 N–H and O–H groups in total. The quantitative estimate of drug-likeness (QED) is 0.258. The molecule has 186 valence electrons. The molecule has 2 bridgehead atoms. The lowest BCUT2D eigenvalue weighted by Crippen LogP contribution is -2.54. The first-order valence-electron chi connectivity index (χ1n) is 12.9. The van der Waals surface area contributed by atoms with Crippen LogP contribution in [0.25, 0.3) is 0 Å². The number of nitrogens with zero attached hydrogens (tertiary/aromatic N) is 2. The van der Waals surface area contributed by atoms with Crippen LogP contribution in [-0.4, -0.2) is 25.1 Å². The van der Waals surface area contributed by atoms with Gasteiger partial charge in [-0.3, -0.25) is 14.6 Å². The van der Waals surface area contributed by atoms with Crippen molar-refractivity contribution in [3.05, 3.63) is 125 Å². The minimum absolute atomic E-state index is 0.159. The van der Waals surface area contributed by atoms with Gasteiger partial charge in [-0.05, 0) is 65.1 Å². The molecule has 5 heteroatoms. The van der Waals surface area contributed by atoms with E-state index in [0.29, 0.717) is 11.4 Å². The summed E-state index contributed by atoms with van der Waals surface area (Å²) in [6, 6.07) is 31.6. The summed E-state index contributed by atoms with van der Waals surface area (Å²) >= 11 is 0. The second kappa shape index (κ2) is 8.25. The molecular weight excluding hydrogens is 472 g/mol. The van der Waals surface area contributed by atoms with Gasteiger partial charge in [0.2, 0.25) is 11.8 Å². The normalized spacial score (nSPS) is 24.9. The SMILES string of the molecule is COc1ccc(N2C(=O)[C@H]3C4c5ccccc5C(C=Nc5ccccc5C)(c5ccccc54)[C@H]3C2=O)cc1. The van der Waals surface area contributed by atoms with Gasteiger partial charge in [0, 0.05) is 12.1 Å². The Labute approximate surface area is 221 Å². The number of aryl methyl sites for hydroxylation is 1. The third-order valence-electron chi connectivity index (χ3n) is 8.54. The van der Waals surface area contributed by atoms with Crippen molar-refractivity contribution in [1.82, 2.24) is 0 Å². The monoisotopic (exact) mass is 498 g/mol. The van der Waals surface area contributed by atoms with E-state index in [0.717, 1.165) is 33.5 Å². The van der Waals surface area contributed by atoms with Crippen LogP contribution in [0, 0.1) is 18.8 Å². The number of ether oxygens (including phenoxy) is 1. The highest BCUT2D eigenvalue weighted by molar-refractivity contribution is 6.25. The van der Waals surface area contributed by atoms with Crippen LogP contribution in [-0.2, 0) is 15.0 Å². The molecule has 0 spiro atoms. The molecule has 0 aromatic heterocycles. The van der Waals surface area contributed by atoms with Crippen molar-refractivity contribution in [3.8, 4) is 5.75 Å². The lowest BCUT2D eigenvalue weighted by molar-refractivity contribution is -0.122. The third-order valence-corrected chi connectivity index (χ3v) is 8.54. The predicted molar refractivity (Wildman–Crippen MR) is 147 cm³/mol. The topological polar surface area (TPSA) is 59.0 Å². The maximum atomic E-state index is 14.4. The van der Waals surface area contributed by atoms with Crippen LogP contribution in [0.3, 0.4) is 0 Å². The number of imide groups is 1. The number of hydrogen-bond acceptors (Lipinski definition) is 4. The first-order valence-corrected chi connectivity index (χ1v) is 12.9. The number of methoxy groups -OCH3 is 1. The number of carbonyl (C=O) groups is 2. The largest absolute Gasteiger partial charge is 0.497 e. The minimum atomic E-state index is -0.872. The van der Waals surface area contributed by atoms with Crippen molar-refractivity contribution >= 4 is 29.4 Å². The van der Waals surface area contributed by atoms with Crippen molar-refractivity contribution in [2.75, 3.05) is 12.0 Å². The van der Waals surface area contributed by atoms with Gasteiger partial charge in [-0.15, -0.1) is 0 Å².